The van der Waals surface area contributed by atoms with Gasteiger partial charge in [0.1, 0.15) is 0 Å². The van der Waals surface area contributed by atoms with Crippen molar-refractivity contribution in [1.29, 1.82) is 0 Å². The molecular formula is C22H23ClN2O3S. The summed E-state index contributed by atoms with van der Waals surface area (Å²) in [5.41, 5.74) is 2.46. The number of benzene rings is 2. The van der Waals surface area contributed by atoms with E-state index < -0.39 is 6.04 Å². The number of ether oxygens (including phenoxy) is 1. The molecule has 2 aromatic rings. The molecule has 1 atom stereocenters. The number of halogens is 1. The lowest BCUT2D eigenvalue weighted by Crippen LogP contribution is -2.47. The third-order valence-electron chi connectivity index (χ3n) is 4.96. The van der Waals surface area contributed by atoms with Crippen LogP contribution in [0.25, 0.3) is 0 Å². The van der Waals surface area contributed by atoms with E-state index >= 15 is 0 Å². The van der Waals surface area contributed by atoms with Crippen LogP contribution in [0.4, 0.5) is 0 Å². The van der Waals surface area contributed by atoms with Crippen LogP contribution >= 0.6 is 23.8 Å². The third-order valence-corrected chi connectivity index (χ3v) is 5.70. The summed E-state index contributed by atoms with van der Waals surface area (Å²) >= 11 is 12.0. The van der Waals surface area contributed by atoms with Gasteiger partial charge >= 0.3 is 0 Å². The number of carbonyl (C=O) groups is 1. The van der Waals surface area contributed by atoms with Crippen LogP contribution in [0.15, 0.2) is 53.7 Å². The largest absolute Gasteiger partial charge is 0.503 e. The van der Waals surface area contributed by atoms with Gasteiger partial charge in [-0.3, -0.25) is 4.79 Å². The van der Waals surface area contributed by atoms with Crippen LogP contribution in [-0.2, 0) is 0 Å². The number of carbonyl (C=O) groups excluding carboxylic acids is 1. The summed E-state index contributed by atoms with van der Waals surface area (Å²) in [5.74, 6) is -0.0171. The zero-order chi connectivity index (χ0) is 21.1. The Morgan fingerprint density at radius 3 is 2.59 bits per heavy atom. The first-order valence-electron chi connectivity index (χ1n) is 9.34. The number of phenols is 1. The quantitative estimate of drug-likeness (QED) is 0.504. The summed E-state index contributed by atoms with van der Waals surface area (Å²) in [4.78, 5) is 15.4. The fourth-order valence-electron chi connectivity index (χ4n) is 3.50. The molecule has 152 valence electrons. The van der Waals surface area contributed by atoms with Gasteiger partial charge in [0.2, 0.25) is 0 Å². The number of phenolic OH excluding ortho intramolecular Hbond substituents is 1. The molecule has 1 aliphatic heterocycles. The van der Waals surface area contributed by atoms with Gasteiger partial charge in [0.05, 0.1) is 18.2 Å². The minimum absolute atomic E-state index is 0.115. The molecule has 0 fully saturated rings. The van der Waals surface area contributed by atoms with Gasteiger partial charge in [0.15, 0.2) is 22.4 Å². The number of Topliss-reactive ketones (excluding diaryl/α,β-unsaturated/α-hetero) is 1. The van der Waals surface area contributed by atoms with E-state index in [0.29, 0.717) is 28.4 Å². The summed E-state index contributed by atoms with van der Waals surface area (Å²) in [6.45, 7) is 4.64. The summed E-state index contributed by atoms with van der Waals surface area (Å²) in [6.07, 6.45) is 0.876. The Kier molecular flexibility index (Phi) is 6.45. The van der Waals surface area contributed by atoms with E-state index in [1.807, 2.05) is 30.0 Å². The highest BCUT2D eigenvalue weighted by Gasteiger charge is 2.35. The van der Waals surface area contributed by atoms with Gasteiger partial charge in [-0.1, -0.05) is 54.9 Å². The number of ketones is 1. The number of rotatable bonds is 6. The maximum Gasteiger partial charge on any atom is 0.193 e. The smallest absolute Gasteiger partial charge is 0.193 e. The number of nitrogens with zero attached hydrogens (tertiary/aromatic N) is 1. The van der Waals surface area contributed by atoms with Crippen molar-refractivity contribution in [2.24, 2.45) is 0 Å². The van der Waals surface area contributed by atoms with Gasteiger partial charge in [-0.15, -0.1) is 0 Å². The molecule has 0 aliphatic carbocycles. The normalized spacial score (nSPS) is 16.6. The van der Waals surface area contributed by atoms with Gasteiger partial charge < -0.3 is 20.1 Å². The minimum Gasteiger partial charge on any atom is -0.503 e. The molecule has 0 aromatic heterocycles. The van der Waals surface area contributed by atoms with E-state index in [9.17, 15) is 9.90 Å². The monoisotopic (exact) mass is 430 g/mol. The van der Waals surface area contributed by atoms with Gasteiger partial charge in [-0.05, 0) is 31.6 Å². The van der Waals surface area contributed by atoms with Crippen molar-refractivity contribution in [3.63, 3.8) is 0 Å². The maximum atomic E-state index is 13.5. The number of allylic oxidation sites excluding steroid dienone is 1. The first-order chi connectivity index (χ1) is 13.9. The third kappa shape index (κ3) is 3.95. The fraction of sp³-hybridized carbons (Fsp3) is 0.273. The second-order valence-corrected chi connectivity index (χ2v) is 7.51. The summed E-state index contributed by atoms with van der Waals surface area (Å²) in [7, 11) is 1.45. The van der Waals surface area contributed by atoms with Crippen molar-refractivity contribution < 1.29 is 14.6 Å². The molecule has 5 nitrogen and oxygen atoms in total. The Balaban J connectivity index is 2.18. The van der Waals surface area contributed by atoms with Gasteiger partial charge in [0, 0.05) is 28.9 Å². The zero-order valence-electron chi connectivity index (χ0n) is 16.5. The Labute approximate surface area is 180 Å². The molecular weight excluding hydrogens is 408 g/mol. The molecule has 3 rings (SSSR count). The molecule has 2 aromatic carbocycles. The Morgan fingerprint density at radius 1 is 1.28 bits per heavy atom. The number of aromatic hydroxyl groups is 1. The highest BCUT2D eigenvalue weighted by atomic mass is 35.5. The van der Waals surface area contributed by atoms with Crippen molar-refractivity contribution >= 4 is 34.7 Å². The standard InChI is InChI=1S/C22H23ClN2O3S/c1-4-12-25-13(2)17(20(26)14-8-6-5-7-9-14)19(24-22(25)29)15-10-11-16(28-3)21(27)18(15)23/h5-11,19,27H,4,12H2,1-3H3,(H,24,29). The van der Waals surface area contributed by atoms with E-state index in [4.69, 9.17) is 28.6 Å². The minimum atomic E-state index is -0.590. The number of methoxy groups -OCH3 is 1. The summed E-state index contributed by atoms with van der Waals surface area (Å²) in [5, 5.41) is 14.3. The van der Waals surface area contributed by atoms with Crippen molar-refractivity contribution in [2.45, 2.75) is 26.3 Å². The Bertz CT molecular complexity index is 976. The molecule has 0 bridgehead atoms. The van der Waals surface area contributed by atoms with Gasteiger partial charge in [-0.25, -0.2) is 0 Å². The van der Waals surface area contributed by atoms with Crippen LogP contribution in [0.2, 0.25) is 5.02 Å². The molecule has 0 saturated carbocycles. The Morgan fingerprint density at radius 2 is 1.97 bits per heavy atom. The Hall–Kier alpha value is -2.57. The SMILES string of the molecule is CCCN1C(=S)NC(c2ccc(OC)c(O)c2Cl)C(C(=O)c2ccccc2)=C1C. The number of hydrogen-bond acceptors (Lipinski definition) is 4. The molecule has 0 amide bonds. The number of thiocarbonyl (C=S) groups is 1. The lowest BCUT2D eigenvalue weighted by Gasteiger charge is -2.38. The fourth-order valence-corrected chi connectivity index (χ4v) is 4.11. The first-order valence-corrected chi connectivity index (χ1v) is 10.1. The molecule has 1 heterocycles. The van der Waals surface area contributed by atoms with Crippen LogP contribution in [-0.4, -0.2) is 34.6 Å². The van der Waals surface area contributed by atoms with E-state index in [1.54, 1.807) is 24.3 Å². The van der Waals surface area contributed by atoms with Crippen molar-refractivity contribution in [1.82, 2.24) is 10.2 Å². The number of hydrogen-bond donors (Lipinski definition) is 2. The van der Waals surface area contributed by atoms with E-state index in [1.165, 1.54) is 7.11 Å². The predicted molar refractivity (Wildman–Crippen MR) is 119 cm³/mol. The zero-order valence-corrected chi connectivity index (χ0v) is 18.1. The lowest BCUT2D eigenvalue weighted by atomic mass is 9.89. The molecule has 0 radical (unpaired) electrons. The molecule has 2 N–H and O–H groups in total. The van der Waals surface area contributed by atoms with Crippen molar-refractivity contribution in [3.8, 4) is 11.5 Å². The topological polar surface area (TPSA) is 61.8 Å². The van der Waals surface area contributed by atoms with Crippen molar-refractivity contribution in [2.75, 3.05) is 13.7 Å². The summed E-state index contributed by atoms with van der Waals surface area (Å²) in [6, 6.07) is 11.9. The highest BCUT2D eigenvalue weighted by Crippen LogP contribution is 2.42. The molecule has 0 saturated heterocycles. The van der Waals surface area contributed by atoms with Crippen LogP contribution in [0, 0.1) is 0 Å². The molecule has 1 aliphatic rings. The van der Waals surface area contributed by atoms with Gasteiger partial charge in [-0.2, -0.15) is 0 Å². The van der Waals surface area contributed by atoms with Crippen molar-refractivity contribution in [3.05, 3.63) is 69.9 Å². The molecule has 29 heavy (non-hydrogen) atoms. The average molecular weight is 431 g/mol. The van der Waals surface area contributed by atoms with Crippen LogP contribution in [0.3, 0.4) is 0 Å². The van der Waals surface area contributed by atoms with E-state index in [0.717, 1.165) is 12.1 Å². The average Bonchev–Trinajstić information content (AvgIpc) is 2.73. The predicted octanol–water partition coefficient (Wildman–Crippen LogP) is 4.85. The van der Waals surface area contributed by atoms with E-state index in [2.05, 4.69) is 12.2 Å². The van der Waals surface area contributed by atoms with Crippen LogP contribution in [0.5, 0.6) is 11.5 Å². The van der Waals surface area contributed by atoms with Gasteiger partial charge in [0.25, 0.3) is 0 Å². The number of nitrogens with one attached hydrogen (secondary N) is 1. The van der Waals surface area contributed by atoms with E-state index in [-0.39, 0.29) is 22.3 Å². The van der Waals surface area contributed by atoms with Crippen LogP contribution < -0.4 is 10.1 Å². The maximum absolute atomic E-state index is 13.5. The summed E-state index contributed by atoms with van der Waals surface area (Å²) < 4.78 is 5.14. The lowest BCUT2D eigenvalue weighted by molar-refractivity contribution is 0.102. The highest BCUT2D eigenvalue weighted by molar-refractivity contribution is 7.80. The molecule has 0 spiro atoms. The van der Waals surface area contributed by atoms with Crippen LogP contribution in [0.1, 0.15) is 42.2 Å². The second-order valence-electron chi connectivity index (χ2n) is 6.75. The first kappa shape index (κ1) is 21.1. The molecule has 1 unspecified atom stereocenters. The molecule has 7 heteroatoms. The second kappa shape index (κ2) is 8.84.